The number of nitrogens with one attached hydrogen (secondary N) is 1. The van der Waals surface area contributed by atoms with Gasteiger partial charge in [0.2, 0.25) is 0 Å². The Kier molecular flexibility index (Phi) is 6.45. The summed E-state index contributed by atoms with van der Waals surface area (Å²) < 4.78 is 5.64. The molecule has 2 unspecified atom stereocenters. The van der Waals surface area contributed by atoms with Gasteiger partial charge in [-0.25, -0.2) is 4.98 Å². The quantitative estimate of drug-likeness (QED) is 0.783. The molecule has 5 heteroatoms. The van der Waals surface area contributed by atoms with Crippen LogP contribution in [-0.2, 0) is 11.3 Å². The lowest BCUT2D eigenvalue weighted by atomic mass is 10.0. The Hall–Kier alpha value is -0.650. The second kappa shape index (κ2) is 8.11. The lowest BCUT2D eigenvalue weighted by molar-refractivity contribution is 0.0532. The normalized spacial score (nSPS) is 20.8. The fourth-order valence-corrected chi connectivity index (χ4v) is 3.75. The SMILES string of the molecule is CCCNCc1sc(N2CCOC(C)C2)nc1C(C)CC. The van der Waals surface area contributed by atoms with Gasteiger partial charge in [-0.3, -0.25) is 0 Å². The van der Waals surface area contributed by atoms with E-state index in [1.807, 2.05) is 11.3 Å². The Morgan fingerprint density at radius 2 is 2.29 bits per heavy atom. The molecule has 21 heavy (non-hydrogen) atoms. The lowest BCUT2D eigenvalue weighted by Crippen LogP contribution is -2.41. The number of thiazole rings is 1. The number of rotatable bonds is 7. The topological polar surface area (TPSA) is 37.4 Å². The van der Waals surface area contributed by atoms with Gasteiger partial charge in [0.1, 0.15) is 0 Å². The molecule has 1 aromatic rings. The van der Waals surface area contributed by atoms with Gasteiger partial charge in [0.25, 0.3) is 0 Å². The van der Waals surface area contributed by atoms with Gasteiger partial charge < -0.3 is 15.0 Å². The fourth-order valence-electron chi connectivity index (χ4n) is 2.56. The van der Waals surface area contributed by atoms with Gasteiger partial charge >= 0.3 is 0 Å². The molecule has 0 aromatic carbocycles. The van der Waals surface area contributed by atoms with Crippen molar-refractivity contribution in [2.24, 2.45) is 0 Å². The molecule has 1 saturated heterocycles. The van der Waals surface area contributed by atoms with E-state index in [2.05, 4.69) is 37.9 Å². The minimum Gasteiger partial charge on any atom is -0.375 e. The maximum Gasteiger partial charge on any atom is 0.186 e. The molecule has 0 aliphatic carbocycles. The Balaban J connectivity index is 2.14. The van der Waals surface area contributed by atoms with Crippen molar-refractivity contribution in [2.45, 2.75) is 59.1 Å². The molecular weight excluding hydrogens is 282 g/mol. The number of aromatic nitrogens is 1. The highest BCUT2D eigenvalue weighted by Gasteiger charge is 2.23. The van der Waals surface area contributed by atoms with Gasteiger partial charge in [-0.15, -0.1) is 11.3 Å². The van der Waals surface area contributed by atoms with Crippen molar-refractivity contribution >= 4 is 16.5 Å². The van der Waals surface area contributed by atoms with E-state index in [0.717, 1.165) is 39.2 Å². The third-order valence-electron chi connectivity index (χ3n) is 4.02. The van der Waals surface area contributed by atoms with E-state index in [-0.39, 0.29) is 0 Å². The van der Waals surface area contributed by atoms with Gasteiger partial charge in [-0.05, 0) is 32.2 Å². The number of anilines is 1. The number of hydrogen-bond acceptors (Lipinski definition) is 5. The molecule has 1 aliphatic heterocycles. The molecule has 120 valence electrons. The molecular formula is C16H29N3OS. The summed E-state index contributed by atoms with van der Waals surface area (Å²) >= 11 is 1.86. The average Bonchev–Trinajstić information content (AvgIpc) is 2.91. The highest BCUT2D eigenvalue weighted by molar-refractivity contribution is 7.15. The summed E-state index contributed by atoms with van der Waals surface area (Å²) in [6, 6.07) is 0. The van der Waals surface area contributed by atoms with Crippen LogP contribution >= 0.6 is 11.3 Å². The predicted octanol–water partition coefficient (Wildman–Crippen LogP) is 3.38. The van der Waals surface area contributed by atoms with Crippen LogP contribution in [0.25, 0.3) is 0 Å². The molecule has 2 atom stereocenters. The molecule has 1 aliphatic rings. The Labute approximate surface area is 132 Å². The van der Waals surface area contributed by atoms with E-state index in [1.54, 1.807) is 0 Å². The third-order valence-corrected chi connectivity index (χ3v) is 5.15. The summed E-state index contributed by atoms with van der Waals surface area (Å²) in [6.07, 6.45) is 2.62. The first-order valence-electron chi connectivity index (χ1n) is 8.22. The Bertz CT molecular complexity index is 435. The smallest absolute Gasteiger partial charge is 0.186 e. The zero-order valence-electron chi connectivity index (χ0n) is 13.8. The maximum absolute atomic E-state index is 5.64. The van der Waals surface area contributed by atoms with Crippen LogP contribution in [0.4, 0.5) is 5.13 Å². The van der Waals surface area contributed by atoms with E-state index in [4.69, 9.17) is 9.72 Å². The minimum atomic E-state index is 0.302. The lowest BCUT2D eigenvalue weighted by Gasteiger charge is -2.30. The summed E-state index contributed by atoms with van der Waals surface area (Å²) in [5.41, 5.74) is 1.29. The summed E-state index contributed by atoms with van der Waals surface area (Å²) in [6.45, 7) is 13.6. The molecule has 2 rings (SSSR count). The fraction of sp³-hybridized carbons (Fsp3) is 0.812. The van der Waals surface area contributed by atoms with Crippen LogP contribution in [0.1, 0.15) is 57.0 Å². The van der Waals surface area contributed by atoms with Gasteiger partial charge in [0, 0.05) is 24.5 Å². The molecule has 1 aromatic heterocycles. The molecule has 0 spiro atoms. The summed E-state index contributed by atoms with van der Waals surface area (Å²) in [5, 5.41) is 4.70. The van der Waals surface area contributed by atoms with Crippen molar-refractivity contribution in [1.82, 2.24) is 10.3 Å². The predicted molar refractivity (Wildman–Crippen MR) is 90.4 cm³/mol. The van der Waals surface area contributed by atoms with Crippen molar-refractivity contribution in [3.05, 3.63) is 10.6 Å². The van der Waals surface area contributed by atoms with Crippen LogP contribution < -0.4 is 10.2 Å². The van der Waals surface area contributed by atoms with Crippen LogP contribution in [0.5, 0.6) is 0 Å². The van der Waals surface area contributed by atoms with E-state index in [9.17, 15) is 0 Å². The van der Waals surface area contributed by atoms with Gasteiger partial charge in [0.15, 0.2) is 5.13 Å². The molecule has 0 bridgehead atoms. The number of nitrogens with zero attached hydrogens (tertiary/aromatic N) is 2. The minimum absolute atomic E-state index is 0.302. The van der Waals surface area contributed by atoms with Crippen LogP contribution in [-0.4, -0.2) is 37.3 Å². The van der Waals surface area contributed by atoms with Gasteiger partial charge in [-0.1, -0.05) is 20.8 Å². The highest BCUT2D eigenvalue weighted by Crippen LogP contribution is 2.32. The molecule has 0 saturated carbocycles. The maximum atomic E-state index is 5.64. The van der Waals surface area contributed by atoms with Crippen LogP contribution in [0.15, 0.2) is 0 Å². The first-order valence-corrected chi connectivity index (χ1v) is 9.04. The van der Waals surface area contributed by atoms with Crippen molar-refractivity contribution < 1.29 is 4.74 Å². The molecule has 1 N–H and O–H groups in total. The number of ether oxygens (including phenoxy) is 1. The van der Waals surface area contributed by atoms with Crippen molar-refractivity contribution in [3.63, 3.8) is 0 Å². The van der Waals surface area contributed by atoms with Gasteiger partial charge in [0.05, 0.1) is 18.4 Å². The zero-order valence-corrected chi connectivity index (χ0v) is 14.6. The summed E-state index contributed by atoms with van der Waals surface area (Å²) in [4.78, 5) is 8.76. The van der Waals surface area contributed by atoms with Crippen LogP contribution in [0, 0.1) is 0 Å². The Morgan fingerprint density at radius 3 is 2.95 bits per heavy atom. The van der Waals surface area contributed by atoms with E-state index in [0.29, 0.717) is 12.0 Å². The molecule has 0 amide bonds. The van der Waals surface area contributed by atoms with E-state index < -0.39 is 0 Å². The van der Waals surface area contributed by atoms with Crippen molar-refractivity contribution in [1.29, 1.82) is 0 Å². The third kappa shape index (κ3) is 4.41. The first kappa shape index (κ1) is 16.7. The highest BCUT2D eigenvalue weighted by atomic mass is 32.1. The Morgan fingerprint density at radius 1 is 1.48 bits per heavy atom. The van der Waals surface area contributed by atoms with Crippen molar-refractivity contribution in [2.75, 3.05) is 31.1 Å². The molecule has 1 fully saturated rings. The van der Waals surface area contributed by atoms with Gasteiger partial charge in [-0.2, -0.15) is 0 Å². The van der Waals surface area contributed by atoms with Crippen LogP contribution in [0.3, 0.4) is 0 Å². The largest absolute Gasteiger partial charge is 0.375 e. The second-order valence-electron chi connectivity index (χ2n) is 5.92. The number of hydrogen-bond donors (Lipinski definition) is 1. The zero-order chi connectivity index (χ0) is 15.2. The standard InChI is InChI=1S/C16H29N3OS/c1-5-7-17-10-14-15(12(3)6-2)18-16(21-14)19-8-9-20-13(4)11-19/h12-13,17H,5-11H2,1-4H3. The monoisotopic (exact) mass is 311 g/mol. The molecule has 2 heterocycles. The summed E-state index contributed by atoms with van der Waals surface area (Å²) in [5.74, 6) is 0.534. The molecule has 4 nitrogen and oxygen atoms in total. The van der Waals surface area contributed by atoms with Crippen molar-refractivity contribution in [3.8, 4) is 0 Å². The summed E-state index contributed by atoms with van der Waals surface area (Å²) in [7, 11) is 0. The van der Waals surface area contributed by atoms with Crippen LogP contribution in [0.2, 0.25) is 0 Å². The average molecular weight is 311 g/mol. The second-order valence-corrected chi connectivity index (χ2v) is 6.98. The number of morpholine rings is 1. The van der Waals surface area contributed by atoms with E-state index >= 15 is 0 Å². The van der Waals surface area contributed by atoms with E-state index in [1.165, 1.54) is 22.1 Å². The molecule has 0 radical (unpaired) electrons. The first-order chi connectivity index (χ1) is 10.2.